The Hall–Kier alpha value is -1.50. The average Bonchev–Trinajstić information content (AvgIpc) is 2.17. The van der Waals surface area contributed by atoms with Gasteiger partial charge >= 0.3 is 6.18 Å². The van der Waals surface area contributed by atoms with Gasteiger partial charge < -0.3 is 0 Å². The van der Waals surface area contributed by atoms with Crippen molar-refractivity contribution in [3.05, 3.63) is 35.4 Å². The van der Waals surface area contributed by atoms with Gasteiger partial charge in [0.15, 0.2) is 0 Å². The lowest BCUT2D eigenvalue weighted by Crippen LogP contribution is -2.08. The van der Waals surface area contributed by atoms with E-state index in [1.54, 1.807) is 6.07 Å². The van der Waals surface area contributed by atoms with Crippen LogP contribution in [0.3, 0.4) is 0 Å². The number of nitrogens with zero attached hydrogens (tertiary/aromatic N) is 1. The Bertz CT molecular complexity index is 401. The molecule has 0 aliphatic carbocycles. The van der Waals surface area contributed by atoms with E-state index in [2.05, 4.69) is 0 Å². The van der Waals surface area contributed by atoms with Gasteiger partial charge in [-0.05, 0) is 17.5 Å². The van der Waals surface area contributed by atoms with Crippen LogP contribution < -0.4 is 0 Å². The zero-order valence-corrected chi connectivity index (χ0v) is 9.05. The molecule has 86 valence electrons. The fourth-order valence-electron chi connectivity index (χ4n) is 1.52. The Balaban J connectivity index is 3.13. The van der Waals surface area contributed by atoms with Gasteiger partial charge in [0.1, 0.15) is 0 Å². The lowest BCUT2D eigenvalue weighted by molar-refractivity contribution is -0.137. The maximum Gasteiger partial charge on any atom is 0.416 e. The average molecular weight is 227 g/mol. The van der Waals surface area contributed by atoms with Gasteiger partial charge in [-0.1, -0.05) is 32.0 Å². The molecule has 0 N–H and O–H groups in total. The molecule has 16 heavy (non-hydrogen) atoms. The smallest absolute Gasteiger partial charge is 0.198 e. The maximum absolute atomic E-state index is 12.5. The molecule has 0 saturated carbocycles. The molecule has 0 bridgehead atoms. The topological polar surface area (TPSA) is 23.8 Å². The van der Waals surface area contributed by atoms with Crippen molar-refractivity contribution in [1.82, 2.24) is 0 Å². The van der Waals surface area contributed by atoms with Gasteiger partial charge in [0.25, 0.3) is 0 Å². The first-order valence-electron chi connectivity index (χ1n) is 4.93. The van der Waals surface area contributed by atoms with Gasteiger partial charge in [0.05, 0.1) is 17.6 Å². The molecule has 0 spiro atoms. The number of rotatable bonds is 2. The monoisotopic (exact) mass is 227 g/mol. The SMILES string of the molecule is CC(C)C(C#N)c1cccc(C(F)(F)F)c1. The summed E-state index contributed by atoms with van der Waals surface area (Å²) in [6.45, 7) is 3.63. The number of hydrogen-bond acceptors (Lipinski definition) is 1. The second kappa shape index (κ2) is 4.56. The van der Waals surface area contributed by atoms with Crippen molar-refractivity contribution in [2.75, 3.05) is 0 Å². The molecule has 1 aromatic carbocycles. The highest BCUT2D eigenvalue weighted by atomic mass is 19.4. The van der Waals surface area contributed by atoms with E-state index in [9.17, 15) is 13.2 Å². The number of nitriles is 1. The van der Waals surface area contributed by atoms with Crippen LogP contribution in [0.2, 0.25) is 0 Å². The Morgan fingerprint density at radius 1 is 1.25 bits per heavy atom. The molecule has 1 nitrogen and oxygen atoms in total. The summed E-state index contributed by atoms with van der Waals surface area (Å²) in [5, 5.41) is 8.91. The van der Waals surface area contributed by atoms with Gasteiger partial charge in [-0.25, -0.2) is 0 Å². The minimum absolute atomic E-state index is 0.00603. The van der Waals surface area contributed by atoms with Crippen molar-refractivity contribution in [3.63, 3.8) is 0 Å². The second-order valence-electron chi connectivity index (χ2n) is 3.97. The summed E-state index contributed by atoms with van der Waals surface area (Å²) in [5.41, 5.74) is -0.279. The van der Waals surface area contributed by atoms with E-state index in [1.807, 2.05) is 19.9 Å². The largest absolute Gasteiger partial charge is 0.416 e. The molecule has 1 unspecified atom stereocenters. The van der Waals surface area contributed by atoms with Gasteiger partial charge in [0.2, 0.25) is 0 Å². The van der Waals surface area contributed by atoms with Crippen LogP contribution in [-0.4, -0.2) is 0 Å². The molecule has 0 aliphatic heterocycles. The molecule has 1 atom stereocenters. The van der Waals surface area contributed by atoms with Crippen LogP contribution in [0, 0.1) is 17.2 Å². The minimum atomic E-state index is -4.35. The molecule has 0 amide bonds. The molecular formula is C12H12F3N. The van der Waals surface area contributed by atoms with Gasteiger partial charge in [-0.2, -0.15) is 18.4 Å². The predicted octanol–water partition coefficient (Wildman–Crippen LogP) is 3.97. The molecular weight excluding hydrogens is 215 g/mol. The van der Waals surface area contributed by atoms with Crippen LogP contribution in [0.1, 0.15) is 30.9 Å². The van der Waals surface area contributed by atoms with E-state index in [0.717, 1.165) is 12.1 Å². The van der Waals surface area contributed by atoms with E-state index >= 15 is 0 Å². The highest BCUT2D eigenvalue weighted by Crippen LogP contribution is 2.32. The highest BCUT2D eigenvalue weighted by molar-refractivity contribution is 5.31. The van der Waals surface area contributed by atoms with E-state index in [-0.39, 0.29) is 5.92 Å². The third-order valence-electron chi connectivity index (χ3n) is 2.38. The summed E-state index contributed by atoms with van der Waals surface area (Å²) in [7, 11) is 0. The van der Waals surface area contributed by atoms with E-state index in [0.29, 0.717) is 5.56 Å². The fourth-order valence-corrected chi connectivity index (χ4v) is 1.52. The molecule has 0 radical (unpaired) electrons. The zero-order chi connectivity index (χ0) is 12.3. The van der Waals surface area contributed by atoms with Crippen LogP contribution in [0.4, 0.5) is 13.2 Å². The third kappa shape index (κ3) is 2.75. The fraction of sp³-hybridized carbons (Fsp3) is 0.417. The number of hydrogen-bond donors (Lipinski definition) is 0. The summed E-state index contributed by atoms with van der Waals surface area (Å²) in [6, 6.07) is 6.99. The first-order chi connectivity index (χ1) is 7.36. The Morgan fingerprint density at radius 3 is 2.31 bits per heavy atom. The third-order valence-corrected chi connectivity index (χ3v) is 2.38. The van der Waals surface area contributed by atoms with Crippen LogP contribution in [-0.2, 0) is 6.18 Å². The van der Waals surface area contributed by atoms with E-state index in [4.69, 9.17) is 5.26 Å². The lowest BCUT2D eigenvalue weighted by atomic mass is 9.89. The minimum Gasteiger partial charge on any atom is -0.198 e. The zero-order valence-electron chi connectivity index (χ0n) is 9.05. The molecule has 0 fully saturated rings. The molecule has 0 heterocycles. The molecule has 0 saturated heterocycles. The van der Waals surface area contributed by atoms with E-state index in [1.165, 1.54) is 6.07 Å². The van der Waals surface area contributed by atoms with Gasteiger partial charge in [-0.15, -0.1) is 0 Å². The van der Waals surface area contributed by atoms with Gasteiger partial charge in [0, 0.05) is 0 Å². The molecule has 1 aromatic rings. The predicted molar refractivity (Wildman–Crippen MR) is 54.6 cm³/mol. The van der Waals surface area contributed by atoms with Crippen molar-refractivity contribution < 1.29 is 13.2 Å². The normalized spacial score (nSPS) is 13.6. The summed E-state index contributed by atoms with van der Waals surface area (Å²) < 4.78 is 37.4. The first-order valence-corrected chi connectivity index (χ1v) is 4.93. The first kappa shape index (κ1) is 12.6. The van der Waals surface area contributed by atoms with Crippen LogP contribution >= 0.6 is 0 Å². The number of alkyl halides is 3. The highest BCUT2D eigenvalue weighted by Gasteiger charge is 2.31. The van der Waals surface area contributed by atoms with Crippen molar-refractivity contribution in [3.8, 4) is 6.07 Å². The quantitative estimate of drug-likeness (QED) is 0.749. The van der Waals surface area contributed by atoms with Crippen LogP contribution in [0.25, 0.3) is 0 Å². The maximum atomic E-state index is 12.5. The van der Waals surface area contributed by atoms with E-state index < -0.39 is 17.7 Å². The Morgan fingerprint density at radius 2 is 1.88 bits per heavy atom. The van der Waals surface area contributed by atoms with Crippen molar-refractivity contribution in [1.29, 1.82) is 5.26 Å². The molecule has 1 rings (SSSR count). The summed E-state index contributed by atoms with van der Waals surface area (Å²) >= 11 is 0. The number of benzene rings is 1. The molecule has 0 aromatic heterocycles. The lowest BCUT2D eigenvalue weighted by Gasteiger charge is -2.15. The summed E-state index contributed by atoms with van der Waals surface area (Å²) in [5.74, 6) is -0.504. The van der Waals surface area contributed by atoms with Crippen LogP contribution in [0.5, 0.6) is 0 Å². The standard InChI is InChI=1S/C12H12F3N/c1-8(2)11(7-16)9-4-3-5-10(6-9)12(13,14)15/h3-6,8,11H,1-2H3. The Kier molecular flexibility index (Phi) is 3.58. The van der Waals surface area contributed by atoms with Crippen molar-refractivity contribution in [2.45, 2.75) is 25.9 Å². The summed E-state index contributed by atoms with van der Waals surface area (Å²) in [6.07, 6.45) is -4.35. The molecule has 0 aliphatic rings. The second-order valence-corrected chi connectivity index (χ2v) is 3.97. The molecule has 4 heteroatoms. The van der Waals surface area contributed by atoms with Crippen molar-refractivity contribution in [2.24, 2.45) is 5.92 Å². The summed E-state index contributed by atoms with van der Waals surface area (Å²) in [4.78, 5) is 0. The Labute approximate surface area is 92.5 Å². The van der Waals surface area contributed by atoms with Crippen LogP contribution in [0.15, 0.2) is 24.3 Å². The van der Waals surface area contributed by atoms with Crippen molar-refractivity contribution >= 4 is 0 Å². The van der Waals surface area contributed by atoms with Gasteiger partial charge in [-0.3, -0.25) is 0 Å². The number of halogens is 3.